The number of hydrogen-bond acceptors (Lipinski definition) is 2. The number of aromatic amines is 1. The number of nitrogens with two attached hydrogens (primary N) is 1. The fourth-order valence-electron chi connectivity index (χ4n) is 2.06. The third-order valence-corrected chi connectivity index (χ3v) is 3.13. The minimum absolute atomic E-state index is 0.433. The van der Waals surface area contributed by atoms with E-state index in [2.05, 4.69) is 9.98 Å². The molecule has 3 aromatic rings. The van der Waals surface area contributed by atoms with Gasteiger partial charge in [0.1, 0.15) is 0 Å². The van der Waals surface area contributed by atoms with Gasteiger partial charge in [0.2, 0.25) is 5.91 Å². The van der Waals surface area contributed by atoms with Crippen LogP contribution >= 0.6 is 0 Å². The minimum atomic E-state index is -0.433. The quantitative estimate of drug-likeness (QED) is 0.700. The van der Waals surface area contributed by atoms with E-state index in [1.165, 1.54) is 0 Å². The summed E-state index contributed by atoms with van der Waals surface area (Å²) in [5, 5.41) is 1.13. The van der Waals surface area contributed by atoms with E-state index in [-0.39, 0.29) is 0 Å². The van der Waals surface area contributed by atoms with Crippen molar-refractivity contribution in [1.29, 1.82) is 0 Å². The van der Waals surface area contributed by atoms with Crippen LogP contribution in [0.4, 0.5) is 5.69 Å². The normalized spacial score (nSPS) is 11.2. The Morgan fingerprint density at radius 1 is 1.10 bits per heavy atom. The molecular weight excluding hydrogens is 250 g/mol. The number of amides is 1. The molecule has 0 unspecified atom stereocenters. The van der Waals surface area contributed by atoms with E-state index >= 15 is 0 Å². The zero-order chi connectivity index (χ0) is 13.9. The van der Waals surface area contributed by atoms with Crippen LogP contribution in [0.25, 0.3) is 10.9 Å². The summed E-state index contributed by atoms with van der Waals surface area (Å²) in [5.74, 6) is -0.433. The summed E-state index contributed by atoms with van der Waals surface area (Å²) in [7, 11) is 0. The van der Waals surface area contributed by atoms with Crippen molar-refractivity contribution < 1.29 is 4.79 Å². The second-order valence-electron chi connectivity index (χ2n) is 4.46. The van der Waals surface area contributed by atoms with Crippen LogP contribution in [0.2, 0.25) is 0 Å². The summed E-state index contributed by atoms with van der Waals surface area (Å²) in [4.78, 5) is 18.6. The number of fused-ring (bicyclic) bond motifs is 1. The third-order valence-electron chi connectivity index (χ3n) is 3.13. The van der Waals surface area contributed by atoms with Gasteiger partial charge in [-0.1, -0.05) is 18.2 Å². The van der Waals surface area contributed by atoms with Crippen LogP contribution in [0.1, 0.15) is 15.9 Å². The zero-order valence-corrected chi connectivity index (χ0v) is 10.7. The van der Waals surface area contributed by atoms with E-state index in [0.717, 1.165) is 22.2 Å². The number of aromatic nitrogens is 1. The summed E-state index contributed by atoms with van der Waals surface area (Å²) >= 11 is 0. The molecule has 0 bridgehead atoms. The van der Waals surface area contributed by atoms with Crippen LogP contribution < -0.4 is 5.73 Å². The zero-order valence-electron chi connectivity index (χ0n) is 10.7. The Bertz CT molecular complexity index is 785. The van der Waals surface area contributed by atoms with Crippen LogP contribution in [0.15, 0.2) is 59.7 Å². The van der Waals surface area contributed by atoms with E-state index in [4.69, 9.17) is 5.73 Å². The van der Waals surface area contributed by atoms with Crippen molar-refractivity contribution >= 4 is 28.7 Å². The van der Waals surface area contributed by atoms with E-state index in [9.17, 15) is 4.79 Å². The standard InChI is InChI=1S/C16H13N3O/c17-16(20)11-5-7-13(8-6-11)18-9-12-10-19-15-4-2-1-3-14(12)15/h1-10,19H,(H2,17,20). The molecule has 1 heterocycles. The Morgan fingerprint density at radius 3 is 2.60 bits per heavy atom. The van der Waals surface area contributed by atoms with Gasteiger partial charge >= 0.3 is 0 Å². The number of nitrogens with one attached hydrogen (secondary N) is 1. The summed E-state index contributed by atoms with van der Waals surface area (Å²) < 4.78 is 0. The molecule has 0 spiro atoms. The van der Waals surface area contributed by atoms with Crippen molar-refractivity contribution in [2.45, 2.75) is 0 Å². The van der Waals surface area contributed by atoms with Crippen LogP contribution in [0, 0.1) is 0 Å². The molecule has 0 saturated heterocycles. The Balaban J connectivity index is 1.88. The molecule has 3 N–H and O–H groups in total. The number of rotatable bonds is 3. The molecule has 1 amide bonds. The maximum absolute atomic E-state index is 11.0. The van der Waals surface area contributed by atoms with Gasteiger partial charge in [0, 0.05) is 34.4 Å². The van der Waals surface area contributed by atoms with Crippen LogP contribution in [-0.2, 0) is 0 Å². The molecule has 1 aromatic heterocycles. The number of carbonyl (C=O) groups is 1. The van der Waals surface area contributed by atoms with E-state index in [1.807, 2.05) is 30.5 Å². The molecule has 4 nitrogen and oxygen atoms in total. The number of nitrogens with zero attached hydrogens (tertiary/aromatic N) is 1. The largest absolute Gasteiger partial charge is 0.366 e. The number of aliphatic imine (C=N–C) groups is 1. The second kappa shape index (κ2) is 5.01. The molecule has 0 saturated carbocycles. The van der Waals surface area contributed by atoms with Gasteiger partial charge in [-0.25, -0.2) is 0 Å². The first-order valence-corrected chi connectivity index (χ1v) is 6.24. The monoisotopic (exact) mass is 263 g/mol. The van der Waals surface area contributed by atoms with Gasteiger partial charge in [0.05, 0.1) is 5.69 Å². The second-order valence-corrected chi connectivity index (χ2v) is 4.46. The van der Waals surface area contributed by atoms with Gasteiger partial charge in [-0.05, 0) is 30.3 Å². The van der Waals surface area contributed by atoms with Gasteiger partial charge in [-0.3, -0.25) is 9.79 Å². The molecule has 98 valence electrons. The third kappa shape index (κ3) is 2.31. The van der Waals surface area contributed by atoms with E-state index in [1.54, 1.807) is 30.5 Å². The molecule has 0 aliphatic carbocycles. The molecule has 0 atom stereocenters. The molecule has 2 aromatic carbocycles. The Labute approximate surface area is 116 Å². The first kappa shape index (κ1) is 12.2. The predicted octanol–water partition coefficient (Wildman–Crippen LogP) is 3.02. The molecule has 0 aliphatic rings. The lowest BCUT2D eigenvalue weighted by Gasteiger charge is -1.96. The SMILES string of the molecule is NC(=O)c1ccc(N=Cc2c[nH]c3ccccc23)cc1. The molecule has 0 fully saturated rings. The maximum Gasteiger partial charge on any atom is 0.248 e. The number of H-pyrrole nitrogens is 1. The number of benzene rings is 2. The van der Waals surface area contributed by atoms with Crippen molar-refractivity contribution in [1.82, 2.24) is 4.98 Å². The van der Waals surface area contributed by atoms with Crippen molar-refractivity contribution in [3.63, 3.8) is 0 Å². The highest BCUT2D eigenvalue weighted by Gasteiger charge is 2.01. The van der Waals surface area contributed by atoms with Crippen molar-refractivity contribution in [3.8, 4) is 0 Å². The molecule has 20 heavy (non-hydrogen) atoms. The first-order chi connectivity index (χ1) is 9.74. The van der Waals surface area contributed by atoms with E-state index in [0.29, 0.717) is 5.56 Å². The minimum Gasteiger partial charge on any atom is -0.366 e. The number of carbonyl (C=O) groups excluding carboxylic acids is 1. The van der Waals surface area contributed by atoms with Gasteiger partial charge < -0.3 is 10.7 Å². The number of hydrogen-bond donors (Lipinski definition) is 2. The van der Waals surface area contributed by atoms with Gasteiger partial charge in [0.15, 0.2) is 0 Å². The van der Waals surface area contributed by atoms with Gasteiger partial charge in [-0.15, -0.1) is 0 Å². The molecule has 3 rings (SSSR count). The van der Waals surface area contributed by atoms with E-state index < -0.39 is 5.91 Å². The average molecular weight is 263 g/mol. The lowest BCUT2D eigenvalue weighted by atomic mass is 10.2. The summed E-state index contributed by atoms with van der Waals surface area (Å²) in [6.07, 6.45) is 3.73. The number of para-hydroxylation sites is 1. The number of primary amides is 1. The lowest BCUT2D eigenvalue weighted by Crippen LogP contribution is -2.10. The van der Waals surface area contributed by atoms with Crippen LogP contribution in [-0.4, -0.2) is 17.1 Å². The van der Waals surface area contributed by atoms with Crippen LogP contribution in [0.3, 0.4) is 0 Å². The summed E-state index contributed by atoms with van der Waals surface area (Å²) in [6, 6.07) is 14.9. The average Bonchev–Trinajstić information content (AvgIpc) is 2.89. The maximum atomic E-state index is 11.0. The Morgan fingerprint density at radius 2 is 1.85 bits per heavy atom. The Hall–Kier alpha value is -2.88. The van der Waals surface area contributed by atoms with Crippen molar-refractivity contribution in [2.75, 3.05) is 0 Å². The highest BCUT2D eigenvalue weighted by Crippen LogP contribution is 2.18. The smallest absolute Gasteiger partial charge is 0.248 e. The van der Waals surface area contributed by atoms with Crippen LogP contribution in [0.5, 0.6) is 0 Å². The van der Waals surface area contributed by atoms with Crippen molar-refractivity contribution in [3.05, 3.63) is 65.9 Å². The topological polar surface area (TPSA) is 71.2 Å². The summed E-state index contributed by atoms with van der Waals surface area (Å²) in [6.45, 7) is 0. The first-order valence-electron chi connectivity index (χ1n) is 6.24. The predicted molar refractivity (Wildman–Crippen MR) is 80.5 cm³/mol. The Kier molecular flexibility index (Phi) is 3.05. The van der Waals surface area contributed by atoms with Gasteiger partial charge in [-0.2, -0.15) is 0 Å². The van der Waals surface area contributed by atoms with Crippen molar-refractivity contribution in [2.24, 2.45) is 10.7 Å². The summed E-state index contributed by atoms with van der Waals surface area (Å²) in [5.41, 5.74) is 8.57. The molecule has 4 heteroatoms. The molecule has 0 radical (unpaired) electrons. The highest BCUT2D eigenvalue weighted by molar-refractivity contribution is 5.99. The fraction of sp³-hybridized carbons (Fsp3) is 0. The molecular formula is C16H13N3O. The van der Waals surface area contributed by atoms with Gasteiger partial charge in [0.25, 0.3) is 0 Å². The lowest BCUT2D eigenvalue weighted by molar-refractivity contribution is 0.100. The highest BCUT2D eigenvalue weighted by atomic mass is 16.1. The molecule has 0 aliphatic heterocycles. The fourth-order valence-corrected chi connectivity index (χ4v) is 2.06.